The number of carbonyl (C=O) groups is 2. The Morgan fingerprint density at radius 2 is 1.65 bits per heavy atom. The smallest absolute Gasteiger partial charge is 0.469 e. The third kappa shape index (κ3) is 13.4. The maximum Gasteiger partial charge on any atom is 0.469 e. The molecular formula is C8H19N2O9P. The number of nitrogens with two attached hydrogens (primary N) is 2. The van der Waals surface area contributed by atoms with E-state index >= 15 is 0 Å². The van der Waals surface area contributed by atoms with Crippen LogP contribution < -0.4 is 11.5 Å². The van der Waals surface area contributed by atoms with Gasteiger partial charge < -0.3 is 36.6 Å². The topological polar surface area (TPSA) is 214 Å². The van der Waals surface area contributed by atoms with E-state index in [1.165, 1.54) is 6.92 Å². The lowest BCUT2D eigenvalue weighted by Gasteiger charge is -2.07. The number of rotatable bonds is 7. The second kappa shape index (κ2) is 9.77. The first-order valence-corrected chi connectivity index (χ1v) is 6.76. The van der Waals surface area contributed by atoms with Crippen molar-refractivity contribution in [2.24, 2.45) is 11.5 Å². The largest absolute Gasteiger partial charge is 0.480 e. The second-order valence-electron chi connectivity index (χ2n) is 3.66. The molecule has 0 rings (SSSR count). The van der Waals surface area contributed by atoms with Crippen molar-refractivity contribution >= 4 is 19.8 Å². The summed E-state index contributed by atoms with van der Waals surface area (Å²) in [5.74, 6) is -2.41. The molecule has 0 radical (unpaired) electrons. The zero-order chi connectivity index (χ0) is 16.5. The third-order valence-corrected chi connectivity index (χ3v) is 2.33. The Balaban J connectivity index is 0. The van der Waals surface area contributed by atoms with E-state index in [-0.39, 0.29) is 13.0 Å². The molecule has 11 nitrogen and oxygen atoms in total. The molecule has 0 heterocycles. The van der Waals surface area contributed by atoms with Gasteiger partial charge in [0.1, 0.15) is 12.1 Å². The van der Waals surface area contributed by atoms with Gasteiger partial charge in [-0.15, -0.1) is 0 Å². The summed E-state index contributed by atoms with van der Waals surface area (Å²) in [6.07, 6.45) is -1.12. The van der Waals surface area contributed by atoms with Crippen molar-refractivity contribution in [3.8, 4) is 0 Å². The lowest BCUT2D eigenvalue weighted by Crippen LogP contribution is -2.39. The van der Waals surface area contributed by atoms with E-state index in [2.05, 4.69) is 4.52 Å². The number of aliphatic hydroxyl groups excluding tert-OH is 1. The minimum absolute atomic E-state index is 0.138. The lowest BCUT2D eigenvalue weighted by molar-refractivity contribution is -0.141. The van der Waals surface area contributed by atoms with Crippen molar-refractivity contribution in [1.82, 2.24) is 0 Å². The van der Waals surface area contributed by atoms with E-state index in [1.807, 2.05) is 0 Å². The first-order chi connectivity index (χ1) is 8.88. The SMILES string of the molecule is C[C@@H](O)[C@H](N)C(=O)O.N[C@@H](CCOP(=O)(O)O)C(=O)O. The molecule has 0 amide bonds. The van der Waals surface area contributed by atoms with Gasteiger partial charge in [-0.3, -0.25) is 14.1 Å². The van der Waals surface area contributed by atoms with Crippen LogP contribution in [0.15, 0.2) is 0 Å². The van der Waals surface area contributed by atoms with Crippen LogP contribution >= 0.6 is 7.82 Å². The molecule has 0 aromatic carbocycles. The van der Waals surface area contributed by atoms with Crippen molar-refractivity contribution in [2.45, 2.75) is 31.5 Å². The van der Waals surface area contributed by atoms with Crippen LogP contribution in [-0.2, 0) is 18.7 Å². The zero-order valence-corrected chi connectivity index (χ0v) is 11.5. The summed E-state index contributed by atoms with van der Waals surface area (Å²) in [4.78, 5) is 36.3. The van der Waals surface area contributed by atoms with Crippen LogP contribution in [0.1, 0.15) is 13.3 Å². The van der Waals surface area contributed by atoms with Gasteiger partial charge in [-0.05, 0) is 13.3 Å². The van der Waals surface area contributed by atoms with Gasteiger partial charge in [0, 0.05) is 0 Å². The van der Waals surface area contributed by atoms with Gasteiger partial charge in [-0.25, -0.2) is 4.57 Å². The van der Waals surface area contributed by atoms with Crippen LogP contribution in [0, 0.1) is 0 Å². The fourth-order valence-electron chi connectivity index (χ4n) is 0.628. The van der Waals surface area contributed by atoms with Crippen molar-refractivity contribution in [3.05, 3.63) is 0 Å². The molecule has 0 aliphatic carbocycles. The molecule has 0 aromatic rings. The highest BCUT2D eigenvalue weighted by Crippen LogP contribution is 2.35. The molecule has 120 valence electrons. The number of hydrogen-bond donors (Lipinski definition) is 7. The minimum Gasteiger partial charge on any atom is -0.480 e. The summed E-state index contributed by atoms with van der Waals surface area (Å²) in [6, 6.07) is -2.31. The summed E-state index contributed by atoms with van der Waals surface area (Å²) >= 11 is 0. The predicted molar refractivity (Wildman–Crippen MR) is 65.5 cm³/mol. The van der Waals surface area contributed by atoms with Gasteiger partial charge in [0.05, 0.1) is 12.7 Å². The van der Waals surface area contributed by atoms with Crippen molar-refractivity contribution < 1.29 is 43.8 Å². The molecular weight excluding hydrogens is 299 g/mol. The molecule has 0 spiro atoms. The van der Waals surface area contributed by atoms with Gasteiger partial charge in [-0.2, -0.15) is 0 Å². The quantitative estimate of drug-likeness (QED) is 0.247. The summed E-state index contributed by atoms with van der Waals surface area (Å²) in [7, 11) is -4.50. The molecule has 0 unspecified atom stereocenters. The summed E-state index contributed by atoms with van der Waals surface area (Å²) in [5, 5.41) is 24.8. The monoisotopic (exact) mass is 318 g/mol. The summed E-state index contributed by atoms with van der Waals surface area (Å²) < 4.78 is 14.0. The first kappa shape index (κ1) is 21.2. The van der Waals surface area contributed by atoms with E-state index in [1.54, 1.807) is 0 Å². The average Bonchev–Trinajstić information content (AvgIpc) is 2.26. The van der Waals surface area contributed by atoms with Crippen LogP contribution in [-0.4, -0.2) is 61.8 Å². The molecule has 0 fully saturated rings. The Kier molecular flexibility index (Phi) is 10.4. The van der Waals surface area contributed by atoms with E-state index in [4.69, 9.17) is 36.6 Å². The van der Waals surface area contributed by atoms with Crippen LogP contribution in [0.25, 0.3) is 0 Å². The Bertz CT molecular complexity index is 356. The molecule has 3 atom stereocenters. The van der Waals surface area contributed by atoms with Crippen LogP contribution in [0.3, 0.4) is 0 Å². The number of carboxylic acids is 2. The van der Waals surface area contributed by atoms with Crippen molar-refractivity contribution in [3.63, 3.8) is 0 Å². The van der Waals surface area contributed by atoms with Gasteiger partial charge in [0.2, 0.25) is 0 Å². The second-order valence-corrected chi connectivity index (χ2v) is 4.90. The number of phosphoric acid groups is 1. The van der Waals surface area contributed by atoms with E-state index in [0.717, 1.165) is 0 Å². The van der Waals surface area contributed by atoms with E-state index in [0.29, 0.717) is 0 Å². The van der Waals surface area contributed by atoms with Gasteiger partial charge >= 0.3 is 19.8 Å². The molecule has 9 N–H and O–H groups in total. The highest BCUT2D eigenvalue weighted by Gasteiger charge is 2.17. The normalized spacial score (nSPS) is 15.5. The number of hydrogen-bond acceptors (Lipinski definition) is 7. The molecule has 0 saturated heterocycles. The molecule has 0 aromatic heterocycles. The molecule has 0 saturated carbocycles. The van der Waals surface area contributed by atoms with E-state index in [9.17, 15) is 14.2 Å². The van der Waals surface area contributed by atoms with Crippen molar-refractivity contribution in [2.75, 3.05) is 6.61 Å². The highest BCUT2D eigenvalue weighted by molar-refractivity contribution is 7.46. The van der Waals surface area contributed by atoms with Gasteiger partial charge in [-0.1, -0.05) is 0 Å². The fourth-order valence-corrected chi connectivity index (χ4v) is 0.972. The van der Waals surface area contributed by atoms with Gasteiger partial charge in [0.25, 0.3) is 0 Å². The molecule has 20 heavy (non-hydrogen) atoms. The number of carboxylic acid groups (broad SMARTS) is 2. The van der Waals surface area contributed by atoms with Crippen LogP contribution in [0.4, 0.5) is 0 Å². The maximum atomic E-state index is 10.1. The minimum atomic E-state index is -4.50. The molecule has 0 bridgehead atoms. The summed E-state index contributed by atoms with van der Waals surface area (Å²) in [5.41, 5.74) is 9.92. The highest BCUT2D eigenvalue weighted by atomic mass is 31.2. The summed E-state index contributed by atoms with van der Waals surface area (Å²) in [6.45, 7) is 0.955. The van der Waals surface area contributed by atoms with Gasteiger partial charge in [0.15, 0.2) is 0 Å². The zero-order valence-electron chi connectivity index (χ0n) is 10.6. The number of aliphatic carboxylic acids is 2. The molecule has 12 heteroatoms. The molecule has 0 aliphatic heterocycles. The van der Waals surface area contributed by atoms with Crippen molar-refractivity contribution in [1.29, 1.82) is 0 Å². The Morgan fingerprint density at radius 1 is 1.20 bits per heavy atom. The average molecular weight is 318 g/mol. The van der Waals surface area contributed by atoms with E-state index < -0.39 is 37.9 Å². The first-order valence-electron chi connectivity index (χ1n) is 5.23. The number of aliphatic hydroxyl groups is 1. The standard InChI is InChI=1S/C4H10NO6P.C4H9NO3/c5-3(4(6)7)1-2-11-12(8,9)10;1-2(6)3(5)4(7)8/h3H,1-2,5H2,(H,6,7)(H2,8,9,10);2-3,6H,5H2,1H3,(H,7,8)/t3-;2-,3+/m01/s1. The lowest BCUT2D eigenvalue weighted by atomic mass is 10.2. The Labute approximate surface area is 114 Å². The third-order valence-electron chi connectivity index (χ3n) is 1.81. The Morgan fingerprint density at radius 3 is 1.85 bits per heavy atom. The maximum absolute atomic E-state index is 10.1. The fraction of sp³-hybridized carbons (Fsp3) is 0.750. The molecule has 0 aliphatic rings. The predicted octanol–water partition coefficient (Wildman–Crippen LogP) is -2.32. The number of phosphoric ester groups is 1. The van der Waals surface area contributed by atoms with Crippen LogP contribution in [0.2, 0.25) is 0 Å². The Hall–Kier alpha value is -1.07. The van der Waals surface area contributed by atoms with Crippen LogP contribution in [0.5, 0.6) is 0 Å².